The van der Waals surface area contributed by atoms with E-state index in [4.69, 9.17) is 4.55 Å². The molecule has 2 rings (SSSR count). The summed E-state index contributed by atoms with van der Waals surface area (Å²) in [5.74, 6) is 0. The molecule has 0 aliphatic carbocycles. The number of rotatable bonds is 1. The van der Waals surface area contributed by atoms with Gasteiger partial charge in [-0.3, -0.25) is 4.55 Å². The van der Waals surface area contributed by atoms with E-state index in [0.29, 0.717) is 0 Å². The summed E-state index contributed by atoms with van der Waals surface area (Å²) in [5.41, 5.74) is 0.840. The van der Waals surface area contributed by atoms with Gasteiger partial charge in [-0.1, -0.05) is 0 Å². The van der Waals surface area contributed by atoms with Crippen molar-refractivity contribution in [3.63, 3.8) is 0 Å². The second-order valence-corrected chi connectivity index (χ2v) is 4.12. The Hall–Kier alpha value is -0.330. The van der Waals surface area contributed by atoms with Gasteiger partial charge in [-0.2, -0.15) is 8.42 Å². The monoisotopic (exact) mass is 221 g/mol. The van der Waals surface area contributed by atoms with Crippen LogP contribution in [0.25, 0.3) is 10.9 Å². The normalized spacial score (nSPS) is 11.2. The Labute approximate surface area is 105 Å². The first-order valence-electron chi connectivity index (χ1n) is 3.62. The van der Waals surface area contributed by atoms with Gasteiger partial charge in [0.25, 0.3) is 10.1 Å². The van der Waals surface area contributed by atoms with Gasteiger partial charge in [0.1, 0.15) is 0 Å². The van der Waals surface area contributed by atoms with E-state index in [9.17, 15) is 8.42 Å². The number of nitrogens with one attached hydrogen (secondary N) is 1. The van der Waals surface area contributed by atoms with Crippen LogP contribution < -0.4 is 29.6 Å². The van der Waals surface area contributed by atoms with E-state index < -0.39 is 10.1 Å². The molecule has 6 heteroatoms. The number of aromatic nitrogens is 1. The van der Waals surface area contributed by atoms with Crippen LogP contribution in [0.15, 0.2) is 35.4 Å². The summed E-state index contributed by atoms with van der Waals surface area (Å²) in [4.78, 5) is 2.84. The quantitative estimate of drug-likeness (QED) is 0.456. The predicted octanol–water partition coefficient (Wildman–Crippen LogP) is -1.47. The molecule has 0 amide bonds. The zero-order valence-electron chi connectivity index (χ0n) is 8.56. The van der Waals surface area contributed by atoms with Gasteiger partial charge >= 0.3 is 29.6 Å². The van der Waals surface area contributed by atoms with Gasteiger partial charge in [0, 0.05) is 17.1 Å². The average Bonchev–Trinajstić information content (AvgIpc) is 2.47. The van der Waals surface area contributed by atoms with E-state index in [2.05, 4.69) is 4.98 Å². The Morgan fingerprint density at radius 2 is 2.00 bits per heavy atom. The van der Waals surface area contributed by atoms with Gasteiger partial charge in [-0.25, -0.2) is 0 Å². The number of hydrogen-bond donors (Lipinski definition) is 2. The minimum atomic E-state index is -4.09. The fraction of sp³-hybridized carbons (Fsp3) is 0. The summed E-state index contributed by atoms with van der Waals surface area (Å²) in [6, 6.07) is 6.12. The van der Waals surface area contributed by atoms with Crippen LogP contribution in [0.1, 0.15) is 1.43 Å². The molecule has 0 aliphatic rings. The Kier molecular flexibility index (Phi) is 3.39. The molecule has 2 aromatic rings. The number of benzene rings is 1. The zero-order valence-corrected chi connectivity index (χ0v) is 10.4. The summed E-state index contributed by atoms with van der Waals surface area (Å²) in [6.45, 7) is 0. The molecule has 14 heavy (non-hydrogen) atoms. The topological polar surface area (TPSA) is 70.2 Å². The summed E-state index contributed by atoms with van der Waals surface area (Å²) >= 11 is 0. The zero-order chi connectivity index (χ0) is 9.47. The van der Waals surface area contributed by atoms with Crippen LogP contribution in [-0.4, -0.2) is 18.0 Å². The molecular formula is C8H8NNaO3S. The number of hydrogen-bond acceptors (Lipinski definition) is 2. The molecule has 0 fully saturated rings. The number of fused-ring (bicyclic) bond motifs is 1. The van der Waals surface area contributed by atoms with E-state index in [1.165, 1.54) is 12.1 Å². The molecule has 0 atom stereocenters. The van der Waals surface area contributed by atoms with Crippen molar-refractivity contribution in [1.82, 2.24) is 4.98 Å². The maximum absolute atomic E-state index is 10.7. The molecule has 1 heterocycles. The van der Waals surface area contributed by atoms with Crippen molar-refractivity contribution in [2.75, 3.05) is 0 Å². The van der Waals surface area contributed by atoms with Crippen molar-refractivity contribution in [2.24, 2.45) is 0 Å². The van der Waals surface area contributed by atoms with Crippen molar-refractivity contribution in [3.8, 4) is 0 Å². The first kappa shape index (κ1) is 11.7. The molecule has 4 nitrogen and oxygen atoms in total. The van der Waals surface area contributed by atoms with E-state index in [1.54, 1.807) is 18.3 Å². The standard InChI is InChI=1S/C8H7NO3S.Na.H/c10-13(11,12)7-1-2-8-6(5-7)3-4-9-8;;/h1-5,9H,(H,10,11,12);;/q;+1;-1. The first-order valence-corrected chi connectivity index (χ1v) is 5.06. The van der Waals surface area contributed by atoms with Crippen molar-refractivity contribution < 1.29 is 44.0 Å². The molecule has 70 valence electrons. The van der Waals surface area contributed by atoms with Gasteiger partial charge < -0.3 is 6.41 Å². The first-order chi connectivity index (χ1) is 6.07. The van der Waals surface area contributed by atoms with Crippen LogP contribution in [0.2, 0.25) is 0 Å². The van der Waals surface area contributed by atoms with Gasteiger partial charge in [-0.05, 0) is 24.3 Å². The van der Waals surface area contributed by atoms with E-state index in [-0.39, 0.29) is 35.9 Å². The summed E-state index contributed by atoms with van der Waals surface area (Å²) < 4.78 is 30.2. The van der Waals surface area contributed by atoms with Crippen LogP contribution >= 0.6 is 0 Å². The molecule has 0 saturated heterocycles. The van der Waals surface area contributed by atoms with Crippen molar-refractivity contribution in [2.45, 2.75) is 4.90 Å². The van der Waals surface area contributed by atoms with Crippen LogP contribution in [0.3, 0.4) is 0 Å². The fourth-order valence-electron chi connectivity index (χ4n) is 1.19. The van der Waals surface area contributed by atoms with E-state index >= 15 is 0 Å². The second kappa shape index (κ2) is 4.04. The van der Waals surface area contributed by atoms with Crippen LogP contribution in [0, 0.1) is 0 Å². The SMILES string of the molecule is O=S(=O)(O)c1ccc2[nH]ccc2c1.[H-].[Na+]. The molecule has 0 spiro atoms. The fourth-order valence-corrected chi connectivity index (χ4v) is 1.71. The molecule has 1 aromatic carbocycles. The molecule has 0 bridgehead atoms. The van der Waals surface area contributed by atoms with Gasteiger partial charge in [0.05, 0.1) is 4.90 Å². The summed E-state index contributed by atoms with van der Waals surface area (Å²) in [6.07, 6.45) is 1.71. The van der Waals surface area contributed by atoms with Gasteiger partial charge in [0.2, 0.25) is 0 Å². The third kappa shape index (κ3) is 2.18. The molecule has 0 radical (unpaired) electrons. The number of aromatic amines is 1. The average molecular weight is 221 g/mol. The molecule has 0 aliphatic heterocycles. The minimum Gasteiger partial charge on any atom is -1.00 e. The maximum atomic E-state index is 10.7. The summed E-state index contributed by atoms with van der Waals surface area (Å²) in [7, 11) is -4.09. The molecule has 1 aromatic heterocycles. The van der Waals surface area contributed by atoms with Gasteiger partial charge in [-0.15, -0.1) is 0 Å². The van der Waals surface area contributed by atoms with Crippen LogP contribution in [0.5, 0.6) is 0 Å². The van der Waals surface area contributed by atoms with Crippen molar-refractivity contribution in [3.05, 3.63) is 30.5 Å². The van der Waals surface area contributed by atoms with E-state index in [0.717, 1.165) is 10.9 Å². The van der Waals surface area contributed by atoms with E-state index in [1.807, 2.05) is 0 Å². The van der Waals surface area contributed by atoms with Crippen molar-refractivity contribution in [1.29, 1.82) is 0 Å². The molecular weight excluding hydrogens is 213 g/mol. The maximum Gasteiger partial charge on any atom is 1.00 e. The largest absolute Gasteiger partial charge is 1.00 e. The smallest absolute Gasteiger partial charge is 1.00 e. The number of H-pyrrole nitrogens is 1. The third-order valence-electron chi connectivity index (χ3n) is 1.82. The molecule has 0 saturated carbocycles. The van der Waals surface area contributed by atoms with Gasteiger partial charge in [0.15, 0.2) is 0 Å². The van der Waals surface area contributed by atoms with Crippen LogP contribution in [-0.2, 0) is 10.1 Å². The third-order valence-corrected chi connectivity index (χ3v) is 2.67. The predicted molar refractivity (Wildman–Crippen MR) is 49.2 cm³/mol. The Balaban J connectivity index is 0.000000980. The van der Waals surface area contributed by atoms with Crippen molar-refractivity contribution >= 4 is 21.0 Å². The molecule has 2 N–H and O–H groups in total. The molecule has 0 unspecified atom stereocenters. The second-order valence-electron chi connectivity index (χ2n) is 2.70. The Morgan fingerprint density at radius 1 is 1.29 bits per heavy atom. The Bertz CT molecular complexity index is 552. The Morgan fingerprint density at radius 3 is 2.64 bits per heavy atom. The summed E-state index contributed by atoms with van der Waals surface area (Å²) in [5, 5.41) is 0.759. The van der Waals surface area contributed by atoms with Crippen LogP contribution in [0.4, 0.5) is 0 Å². The minimum absolute atomic E-state index is 0.